The largest absolute Gasteiger partial charge is 0.490 e. The zero-order valence-electron chi connectivity index (χ0n) is 9.37. The van der Waals surface area contributed by atoms with Crippen molar-refractivity contribution in [1.82, 2.24) is 0 Å². The molecule has 0 unspecified atom stereocenters. The van der Waals surface area contributed by atoms with E-state index in [1.54, 1.807) is 6.21 Å². The van der Waals surface area contributed by atoms with Gasteiger partial charge >= 0.3 is 0 Å². The second-order valence-electron chi connectivity index (χ2n) is 2.97. The van der Waals surface area contributed by atoms with E-state index in [0.29, 0.717) is 24.7 Å². The number of hydrazone groups is 1. The molecule has 0 aromatic heterocycles. The van der Waals surface area contributed by atoms with Crippen LogP contribution in [0.1, 0.15) is 19.4 Å². The quantitative estimate of drug-likeness (QED) is 0.514. The van der Waals surface area contributed by atoms with Crippen LogP contribution < -0.4 is 15.3 Å². The summed E-state index contributed by atoms with van der Waals surface area (Å²) in [7, 11) is 0. The maximum Gasteiger partial charge on any atom is 0.175 e. The Morgan fingerprint density at radius 2 is 2.00 bits per heavy atom. The fourth-order valence-electron chi connectivity index (χ4n) is 1.30. The second-order valence-corrected chi connectivity index (χ2v) is 3.83. The van der Waals surface area contributed by atoms with Crippen molar-refractivity contribution >= 4 is 22.1 Å². The van der Waals surface area contributed by atoms with Gasteiger partial charge in [0, 0.05) is 0 Å². The normalized spacial score (nSPS) is 10.7. The molecule has 0 saturated heterocycles. The van der Waals surface area contributed by atoms with E-state index >= 15 is 0 Å². The molecule has 1 aromatic rings. The summed E-state index contributed by atoms with van der Waals surface area (Å²) in [5, 5.41) is 3.48. The summed E-state index contributed by atoms with van der Waals surface area (Å²) in [5.74, 6) is 6.51. The third kappa shape index (κ3) is 3.13. The number of benzene rings is 1. The molecule has 0 aliphatic rings. The highest BCUT2D eigenvalue weighted by atomic mass is 79.9. The van der Waals surface area contributed by atoms with E-state index in [2.05, 4.69) is 21.0 Å². The topological polar surface area (TPSA) is 56.8 Å². The smallest absolute Gasteiger partial charge is 0.175 e. The van der Waals surface area contributed by atoms with Crippen LogP contribution >= 0.6 is 15.9 Å². The number of halogens is 1. The summed E-state index contributed by atoms with van der Waals surface area (Å²) in [4.78, 5) is 0. The molecule has 0 bridgehead atoms. The highest BCUT2D eigenvalue weighted by Crippen LogP contribution is 2.36. The molecule has 4 nitrogen and oxygen atoms in total. The van der Waals surface area contributed by atoms with Gasteiger partial charge < -0.3 is 15.3 Å². The Balaban J connectivity index is 3.15. The third-order valence-electron chi connectivity index (χ3n) is 1.84. The molecule has 0 heterocycles. The average molecular weight is 287 g/mol. The van der Waals surface area contributed by atoms with Crippen molar-refractivity contribution in [2.45, 2.75) is 13.8 Å². The lowest BCUT2D eigenvalue weighted by atomic mass is 10.2. The van der Waals surface area contributed by atoms with Gasteiger partial charge in [-0.05, 0) is 47.5 Å². The van der Waals surface area contributed by atoms with Gasteiger partial charge in [-0.2, -0.15) is 5.10 Å². The zero-order valence-corrected chi connectivity index (χ0v) is 11.0. The number of hydrogen-bond donors (Lipinski definition) is 1. The molecule has 0 radical (unpaired) electrons. The number of nitrogens with zero attached hydrogens (tertiary/aromatic N) is 1. The summed E-state index contributed by atoms with van der Waals surface area (Å²) in [6.45, 7) is 5.02. The number of ether oxygens (including phenoxy) is 2. The number of rotatable bonds is 5. The Hall–Kier alpha value is -1.23. The lowest BCUT2D eigenvalue weighted by Crippen LogP contribution is -2.00. The molecule has 16 heavy (non-hydrogen) atoms. The van der Waals surface area contributed by atoms with Crippen molar-refractivity contribution in [3.05, 3.63) is 22.2 Å². The van der Waals surface area contributed by atoms with Crippen LogP contribution in [-0.4, -0.2) is 19.4 Å². The van der Waals surface area contributed by atoms with Gasteiger partial charge in [-0.1, -0.05) is 0 Å². The monoisotopic (exact) mass is 286 g/mol. The van der Waals surface area contributed by atoms with Gasteiger partial charge in [-0.15, -0.1) is 0 Å². The molecule has 0 aliphatic heterocycles. The van der Waals surface area contributed by atoms with Crippen LogP contribution in [-0.2, 0) is 0 Å². The van der Waals surface area contributed by atoms with Crippen molar-refractivity contribution in [1.29, 1.82) is 0 Å². The molecule has 1 rings (SSSR count). The molecule has 0 aliphatic carbocycles. The summed E-state index contributed by atoms with van der Waals surface area (Å²) in [6, 6.07) is 3.72. The number of hydrogen-bond acceptors (Lipinski definition) is 4. The van der Waals surface area contributed by atoms with Crippen molar-refractivity contribution in [3.63, 3.8) is 0 Å². The molecule has 5 heteroatoms. The van der Waals surface area contributed by atoms with Crippen LogP contribution in [0.5, 0.6) is 11.5 Å². The molecular formula is C11H15BrN2O2. The molecule has 0 fully saturated rings. The Bertz CT molecular complexity index is 380. The predicted octanol–water partition coefficient (Wildman–Crippen LogP) is 2.54. The predicted molar refractivity (Wildman–Crippen MR) is 68.3 cm³/mol. The van der Waals surface area contributed by atoms with Gasteiger partial charge in [0.05, 0.1) is 23.9 Å². The minimum atomic E-state index is 0.579. The summed E-state index contributed by atoms with van der Waals surface area (Å²) >= 11 is 3.43. The molecule has 1 aromatic carbocycles. The van der Waals surface area contributed by atoms with Gasteiger partial charge in [0.25, 0.3) is 0 Å². The van der Waals surface area contributed by atoms with Crippen molar-refractivity contribution in [2.24, 2.45) is 10.9 Å². The van der Waals surface area contributed by atoms with Gasteiger partial charge in [0.1, 0.15) is 0 Å². The SMILES string of the molecule is CCOc1cc(C=NN)cc(Br)c1OCC. The molecule has 0 atom stereocenters. The number of nitrogens with two attached hydrogens (primary N) is 1. The van der Waals surface area contributed by atoms with Crippen molar-refractivity contribution in [2.75, 3.05) is 13.2 Å². The van der Waals surface area contributed by atoms with Crippen LogP contribution in [0.2, 0.25) is 0 Å². The molecule has 0 saturated carbocycles. The first-order valence-corrected chi connectivity index (χ1v) is 5.84. The van der Waals surface area contributed by atoms with Crippen molar-refractivity contribution < 1.29 is 9.47 Å². The van der Waals surface area contributed by atoms with E-state index in [9.17, 15) is 0 Å². The van der Waals surface area contributed by atoms with E-state index in [1.165, 1.54) is 0 Å². The van der Waals surface area contributed by atoms with Gasteiger partial charge in [0.15, 0.2) is 11.5 Å². The average Bonchev–Trinajstić information content (AvgIpc) is 2.24. The summed E-state index contributed by atoms with van der Waals surface area (Å²) < 4.78 is 11.8. The van der Waals surface area contributed by atoms with Crippen molar-refractivity contribution in [3.8, 4) is 11.5 Å². The minimum Gasteiger partial charge on any atom is -0.490 e. The first-order chi connectivity index (χ1) is 7.72. The van der Waals surface area contributed by atoms with Crippen LogP contribution in [0, 0.1) is 0 Å². The van der Waals surface area contributed by atoms with E-state index in [4.69, 9.17) is 15.3 Å². The Labute approximate surface area is 104 Å². The highest BCUT2D eigenvalue weighted by molar-refractivity contribution is 9.10. The molecule has 88 valence electrons. The van der Waals surface area contributed by atoms with Gasteiger partial charge in [-0.3, -0.25) is 0 Å². The van der Waals surface area contributed by atoms with Crippen LogP contribution in [0.25, 0.3) is 0 Å². The Kier molecular flexibility index (Phi) is 5.11. The first kappa shape index (κ1) is 12.8. The Morgan fingerprint density at radius 3 is 2.56 bits per heavy atom. The highest BCUT2D eigenvalue weighted by Gasteiger charge is 2.10. The lowest BCUT2D eigenvalue weighted by Gasteiger charge is -2.13. The summed E-state index contributed by atoms with van der Waals surface area (Å²) in [6.07, 6.45) is 1.56. The molecule has 2 N–H and O–H groups in total. The fraction of sp³-hybridized carbons (Fsp3) is 0.364. The van der Waals surface area contributed by atoms with Crippen LogP contribution in [0.4, 0.5) is 0 Å². The van der Waals surface area contributed by atoms with Crippen LogP contribution in [0.15, 0.2) is 21.7 Å². The zero-order chi connectivity index (χ0) is 12.0. The molecule has 0 amide bonds. The standard InChI is InChI=1S/C11H15BrN2O2/c1-3-15-10-6-8(7-14-13)5-9(12)11(10)16-4-2/h5-7H,3-4,13H2,1-2H3. The van der Waals surface area contributed by atoms with E-state index in [0.717, 1.165) is 10.0 Å². The minimum absolute atomic E-state index is 0.579. The van der Waals surface area contributed by atoms with E-state index in [-0.39, 0.29) is 0 Å². The van der Waals surface area contributed by atoms with Gasteiger partial charge in [-0.25, -0.2) is 0 Å². The maximum absolute atomic E-state index is 5.51. The summed E-state index contributed by atoms with van der Waals surface area (Å²) in [5.41, 5.74) is 0.862. The lowest BCUT2D eigenvalue weighted by molar-refractivity contribution is 0.286. The van der Waals surface area contributed by atoms with E-state index in [1.807, 2.05) is 26.0 Å². The fourth-order valence-corrected chi connectivity index (χ4v) is 1.87. The maximum atomic E-state index is 5.51. The van der Waals surface area contributed by atoms with Gasteiger partial charge in [0.2, 0.25) is 0 Å². The Morgan fingerprint density at radius 1 is 1.31 bits per heavy atom. The van der Waals surface area contributed by atoms with Crippen LogP contribution in [0.3, 0.4) is 0 Å². The molecular weight excluding hydrogens is 272 g/mol. The first-order valence-electron chi connectivity index (χ1n) is 5.05. The molecule has 0 spiro atoms. The second kappa shape index (κ2) is 6.37. The van der Waals surface area contributed by atoms with E-state index < -0.39 is 0 Å². The third-order valence-corrected chi connectivity index (χ3v) is 2.43.